The van der Waals surface area contributed by atoms with Gasteiger partial charge in [-0.3, -0.25) is 0 Å². The molecule has 0 unspecified atom stereocenters. The number of hydrogen-bond acceptors (Lipinski definition) is 4. The summed E-state index contributed by atoms with van der Waals surface area (Å²) < 4.78 is 0. The Balaban J connectivity index is 0.000000213. The molecule has 7 heteroatoms. The molecule has 0 aromatic carbocycles. The number of H-pyrrole nitrogens is 1. The lowest BCUT2D eigenvalue weighted by atomic mass is 10.6. The number of aromatic amines is 1. The first kappa shape index (κ1) is 7.96. The summed E-state index contributed by atoms with van der Waals surface area (Å²) in [5, 5.41) is 0. The highest BCUT2D eigenvalue weighted by molar-refractivity contribution is 5.67. The van der Waals surface area contributed by atoms with Crippen molar-refractivity contribution in [3.05, 3.63) is 29.3 Å². The van der Waals surface area contributed by atoms with Crippen LogP contribution in [0.15, 0.2) is 18.9 Å². The van der Waals surface area contributed by atoms with Gasteiger partial charge < -0.3 is 4.98 Å². The van der Waals surface area contributed by atoms with E-state index >= 15 is 0 Å². The molecular formula is C5H5N7. The largest absolute Gasteiger partial charge is 0.342 e. The predicted molar refractivity (Wildman–Crippen MR) is 41.1 cm³/mol. The van der Waals surface area contributed by atoms with Crippen LogP contribution in [0.4, 0.5) is 0 Å². The first-order valence-electron chi connectivity index (χ1n) is 2.98. The molecule has 12 heavy (non-hydrogen) atoms. The summed E-state index contributed by atoms with van der Waals surface area (Å²) in [5.41, 5.74) is 13.8. The number of rotatable bonds is 0. The maximum Gasteiger partial charge on any atom is 0.180 e. The third kappa shape index (κ3) is 1.68. The Bertz CT molecular complexity index is 355. The maximum atomic E-state index is 6.86. The van der Waals surface area contributed by atoms with Gasteiger partial charge in [-0.2, -0.15) is 0 Å². The van der Waals surface area contributed by atoms with Crippen molar-refractivity contribution in [1.29, 1.82) is 5.53 Å². The van der Waals surface area contributed by atoms with Crippen molar-refractivity contribution >= 4 is 11.2 Å². The Labute approximate surface area is 66.9 Å². The Morgan fingerprint density at radius 1 is 1.50 bits per heavy atom. The molecule has 2 aromatic rings. The SMILES string of the molecule is [N-]=[N+]=N.c1ncc2[nH]cnc2n1. The first-order chi connectivity index (χ1) is 5.88. The number of imidazole rings is 1. The van der Waals surface area contributed by atoms with Gasteiger partial charge in [0, 0.05) is 0 Å². The van der Waals surface area contributed by atoms with E-state index in [1.54, 1.807) is 17.4 Å². The molecule has 60 valence electrons. The van der Waals surface area contributed by atoms with Gasteiger partial charge in [0.1, 0.15) is 11.8 Å². The second-order valence-corrected chi connectivity index (χ2v) is 1.76. The molecule has 0 amide bonds. The van der Waals surface area contributed by atoms with Gasteiger partial charge in [-0.15, -0.1) is 5.53 Å². The fraction of sp³-hybridized carbons (Fsp3) is 0. The van der Waals surface area contributed by atoms with Crippen LogP contribution in [0.5, 0.6) is 0 Å². The molecule has 0 saturated heterocycles. The Hall–Kier alpha value is -2.14. The lowest BCUT2D eigenvalue weighted by molar-refractivity contribution is 1.20. The smallest absolute Gasteiger partial charge is 0.180 e. The molecule has 0 radical (unpaired) electrons. The van der Waals surface area contributed by atoms with Crippen LogP contribution in [0.2, 0.25) is 0 Å². The molecule has 2 heterocycles. The van der Waals surface area contributed by atoms with Crippen molar-refractivity contribution in [3.8, 4) is 0 Å². The van der Waals surface area contributed by atoms with Gasteiger partial charge in [-0.1, -0.05) is 0 Å². The quantitative estimate of drug-likeness (QED) is 0.345. The second kappa shape index (κ2) is 3.89. The highest BCUT2D eigenvalue weighted by atomic mass is 15.0. The molecule has 0 bridgehead atoms. The molecular weight excluding hydrogens is 158 g/mol. The first-order valence-corrected chi connectivity index (χ1v) is 2.98. The van der Waals surface area contributed by atoms with Gasteiger partial charge in [-0.05, 0) is 10.4 Å². The summed E-state index contributed by atoms with van der Waals surface area (Å²) in [6.07, 6.45) is 4.76. The van der Waals surface area contributed by atoms with Crippen molar-refractivity contribution in [1.82, 2.24) is 19.9 Å². The topological polar surface area (TPSA) is 115 Å². The van der Waals surface area contributed by atoms with Crippen LogP contribution in [0, 0.1) is 5.53 Å². The van der Waals surface area contributed by atoms with E-state index in [0.29, 0.717) is 5.65 Å². The molecule has 2 rings (SSSR count). The number of aromatic nitrogens is 4. The van der Waals surface area contributed by atoms with Crippen LogP contribution in [0.1, 0.15) is 0 Å². The summed E-state index contributed by atoms with van der Waals surface area (Å²) in [7, 11) is 0. The zero-order valence-corrected chi connectivity index (χ0v) is 5.97. The van der Waals surface area contributed by atoms with E-state index in [0.717, 1.165) is 5.52 Å². The van der Waals surface area contributed by atoms with Crippen LogP contribution >= 0.6 is 0 Å². The van der Waals surface area contributed by atoms with Gasteiger partial charge in [0.25, 0.3) is 0 Å². The standard InChI is InChI=1S/C5H4N4.HN3/c1-4-5(8-2-6-1)9-3-7-4;1-3-2/h1-3H,(H,6,7,8,9);1H. The van der Waals surface area contributed by atoms with Crippen molar-refractivity contribution < 1.29 is 0 Å². The van der Waals surface area contributed by atoms with Crippen LogP contribution in [0.3, 0.4) is 0 Å². The number of hydrogen-bond donors (Lipinski definition) is 2. The van der Waals surface area contributed by atoms with Crippen LogP contribution in [-0.2, 0) is 0 Å². The molecule has 0 atom stereocenters. The highest BCUT2D eigenvalue weighted by Crippen LogP contribution is 1.99. The highest BCUT2D eigenvalue weighted by Gasteiger charge is 1.91. The van der Waals surface area contributed by atoms with E-state index in [1.165, 1.54) is 6.33 Å². The fourth-order valence-electron chi connectivity index (χ4n) is 0.691. The molecule has 0 aliphatic heterocycles. The zero-order valence-electron chi connectivity index (χ0n) is 5.97. The van der Waals surface area contributed by atoms with E-state index < -0.39 is 0 Å². The Morgan fingerprint density at radius 3 is 2.92 bits per heavy atom. The maximum absolute atomic E-state index is 6.86. The van der Waals surface area contributed by atoms with E-state index in [1.807, 2.05) is 0 Å². The van der Waals surface area contributed by atoms with Crippen LogP contribution in [-0.4, -0.2) is 19.9 Å². The number of nitrogens with one attached hydrogen (secondary N) is 2. The van der Waals surface area contributed by atoms with Crippen LogP contribution < -0.4 is 0 Å². The lowest BCUT2D eigenvalue weighted by Gasteiger charge is -1.80. The third-order valence-electron chi connectivity index (χ3n) is 1.10. The van der Waals surface area contributed by atoms with Gasteiger partial charge >= 0.3 is 0 Å². The zero-order chi connectivity index (χ0) is 8.81. The molecule has 0 saturated carbocycles. The predicted octanol–water partition coefficient (Wildman–Crippen LogP) is 1.23. The minimum atomic E-state index is 0.713. The van der Waals surface area contributed by atoms with E-state index in [9.17, 15) is 0 Å². The van der Waals surface area contributed by atoms with E-state index in [-0.39, 0.29) is 0 Å². The molecule has 2 N–H and O–H groups in total. The number of nitrogens with zero attached hydrogens (tertiary/aromatic N) is 5. The second-order valence-electron chi connectivity index (χ2n) is 1.76. The molecule has 2 aromatic heterocycles. The van der Waals surface area contributed by atoms with Gasteiger partial charge in [0.2, 0.25) is 0 Å². The molecule has 7 nitrogen and oxygen atoms in total. The van der Waals surface area contributed by atoms with Crippen LogP contribution in [0.25, 0.3) is 21.6 Å². The molecule has 0 aliphatic rings. The summed E-state index contributed by atoms with van der Waals surface area (Å²) in [6.45, 7) is 0. The van der Waals surface area contributed by atoms with E-state index in [2.05, 4.69) is 19.9 Å². The van der Waals surface area contributed by atoms with Crippen molar-refractivity contribution in [3.63, 3.8) is 0 Å². The summed E-state index contributed by atoms with van der Waals surface area (Å²) in [5.74, 6) is 0. The summed E-state index contributed by atoms with van der Waals surface area (Å²) in [6, 6.07) is 0. The van der Waals surface area contributed by atoms with Crippen molar-refractivity contribution in [2.75, 3.05) is 0 Å². The fourth-order valence-corrected chi connectivity index (χ4v) is 0.691. The minimum Gasteiger partial charge on any atom is -0.342 e. The van der Waals surface area contributed by atoms with Gasteiger partial charge in [-0.25, -0.2) is 15.0 Å². The monoisotopic (exact) mass is 163 g/mol. The molecule has 0 spiro atoms. The van der Waals surface area contributed by atoms with Crippen molar-refractivity contribution in [2.24, 2.45) is 0 Å². The molecule has 0 aliphatic carbocycles. The molecule has 0 fully saturated rings. The average Bonchev–Trinajstić information content (AvgIpc) is 2.52. The lowest BCUT2D eigenvalue weighted by Crippen LogP contribution is -1.76. The Kier molecular flexibility index (Phi) is 2.58. The minimum absolute atomic E-state index is 0.713. The van der Waals surface area contributed by atoms with E-state index in [4.69, 9.17) is 11.1 Å². The Morgan fingerprint density at radius 2 is 2.25 bits per heavy atom. The van der Waals surface area contributed by atoms with Crippen molar-refractivity contribution in [2.45, 2.75) is 0 Å². The van der Waals surface area contributed by atoms with Gasteiger partial charge in [0.05, 0.1) is 12.5 Å². The summed E-state index contributed by atoms with van der Waals surface area (Å²) in [4.78, 5) is 16.2. The third-order valence-corrected chi connectivity index (χ3v) is 1.10. The van der Waals surface area contributed by atoms with Gasteiger partial charge in [0.15, 0.2) is 5.65 Å². The number of fused-ring (bicyclic) bond motifs is 1. The summed E-state index contributed by atoms with van der Waals surface area (Å²) >= 11 is 0. The average molecular weight is 163 g/mol. The normalized spacial score (nSPS) is 8.33.